The van der Waals surface area contributed by atoms with Gasteiger partial charge in [0, 0.05) is 19.1 Å². The standard InChI is InChI=1S/C13H20N2O4S2/c1-15(10-5-3-9(14)4-6-10)21(17,18)11-7-8-20-12(11)13(16)19-2/h7-10H,3-6,14H2,1-2H3. The lowest BCUT2D eigenvalue weighted by Crippen LogP contribution is -2.42. The zero-order valence-electron chi connectivity index (χ0n) is 12.1. The molecule has 1 saturated carbocycles. The van der Waals surface area contributed by atoms with Gasteiger partial charge in [0.05, 0.1) is 7.11 Å². The Balaban J connectivity index is 2.26. The van der Waals surface area contributed by atoms with Gasteiger partial charge in [0.15, 0.2) is 0 Å². The molecule has 0 saturated heterocycles. The van der Waals surface area contributed by atoms with E-state index < -0.39 is 16.0 Å². The van der Waals surface area contributed by atoms with Crippen molar-refractivity contribution in [1.29, 1.82) is 0 Å². The maximum absolute atomic E-state index is 12.7. The molecule has 0 atom stereocenters. The predicted molar refractivity (Wildman–Crippen MR) is 80.8 cm³/mol. The highest BCUT2D eigenvalue weighted by atomic mass is 32.2. The van der Waals surface area contributed by atoms with Gasteiger partial charge in [-0.3, -0.25) is 0 Å². The minimum atomic E-state index is -3.70. The van der Waals surface area contributed by atoms with Crippen LogP contribution in [0.4, 0.5) is 0 Å². The lowest BCUT2D eigenvalue weighted by atomic mass is 9.92. The van der Waals surface area contributed by atoms with Crippen molar-refractivity contribution in [2.75, 3.05) is 14.2 Å². The van der Waals surface area contributed by atoms with Gasteiger partial charge in [-0.2, -0.15) is 4.31 Å². The fraction of sp³-hybridized carbons (Fsp3) is 0.615. The average Bonchev–Trinajstić information content (AvgIpc) is 2.96. The fourth-order valence-corrected chi connectivity index (χ4v) is 5.28. The summed E-state index contributed by atoms with van der Waals surface area (Å²) >= 11 is 1.07. The summed E-state index contributed by atoms with van der Waals surface area (Å²) in [5.74, 6) is -0.623. The van der Waals surface area contributed by atoms with E-state index in [1.54, 1.807) is 12.4 Å². The Morgan fingerprint density at radius 1 is 1.38 bits per heavy atom. The summed E-state index contributed by atoms with van der Waals surface area (Å²) < 4.78 is 31.4. The number of ether oxygens (including phenoxy) is 1. The van der Waals surface area contributed by atoms with E-state index in [4.69, 9.17) is 5.73 Å². The van der Waals surface area contributed by atoms with E-state index >= 15 is 0 Å². The maximum atomic E-state index is 12.7. The van der Waals surface area contributed by atoms with E-state index in [-0.39, 0.29) is 21.9 Å². The summed E-state index contributed by atoms with van der Waals surface area (Å²) in [7, 11) is -0.891. The van der Waals surface area contributed by atoms with Crippen LogP contribution in [0.15, 0.2) is 16.3 Å². The second-order valence-electron chi connectivity index (χ2n) is 5.20. The molecule has 0 bridgehead atoms. The Bertz CT molecular complexity index is 603. The molecular formula is C13H20N2O4S2. The zero-order chi connectivity index (χ0) is 15.6. The molecule has 0 spiro atoms. The number of hydrogen-bond donors (Lipinski definition) is 1. The van der Waals surface area contributed by atoms with Gasteiger partial charge in [-0.25, -0.2) is 13.2 Å². The van der Waals surface area contributed by atoms with Gasteiger partial charge >= 0.3 is 5.97 Å². The first-order chi connectivity index (χ1) is 9.87. The highest BCUT2D eigenvalue weighted by molar-refractivity contribution is 7.89. The molecule has 2 rings (SSSR count). The monoisotopic (exact) mass is 332 g/mol. The Hall–Kier alpha value is -0.960. The summed E-state index contributed by atoms with van der Waals surface area (Å²) in [4.78, 5) is 11.8. The summed E-state index contributed by atoms with van der Waals surface area (Å²) in [6.45, 7) is 0. The van der Waals surface area contributed by atoms with E-state index in [0.717, 1.165) is 37.0 Å². The van der Waals surface area contributed by atoms with E-state index in [2.05, 4.69) is 4.74 Å². The third-order valence-corrected chi connectivity index (χ3v) is 6.89. The van der Waals surface area contributed by atoms with E-state index in [1.165, 1.54) is 17.5 Å². The van der Waals surface area contributed by atoms with Crippen LogP contribution in [0.25, 0.3) is 0 Å². The average molecular weight is 332 g/mol. The first kappa shape index (κ1) is 16.4. The topological polar surface area (TPSA) is 89.7 Å². The normalized spacial score (nSPS) is 23.2. The van der Waals surface area contributed by atoms with Crippen molar-refractivity contribution >= 4 is 27.3 Å². The minimum Gasteiger partial charge on any atom is -0.465 e. The van der Waals surface area contributed by atoms with Gasteiger partial charge in [0.25, 0.3) is 0 Å². The summed E-state index contributed by atoms with van der Waals surface area (Å²) in [6, 6.07) is 1.54. The van der Waals surface area contributed by atoms with Crippen LogP contribution in [0.3, 0.4) is 0 Å². The smallest absolute Gasteiger partial charge is 0.349 e. The zero-order valence-corrected chi connectivity index (χ0v) is 13.7. The summed E-state index contributed by atoms with van der Waals surface area (Å²) in [5, 5.41) is 1.59. The second-order valence-corrected chi connectivity index (χ2v) is 8.08. The Kier molecular flexibility index (Phi) is 5.03. The molecule has 21 heavy (non-hydrogen) atoms. The number of nitrogens with two attached hydrogens (primary N) is 1. The number of rotatable bonds is 4. The van der Waals surface area contributed by atoms with Crippen molar-refractivity contribution in [2.45, 2.75) is 42.7 Å². The highest BCUT2D eigenvalue weighted by Gasteiger charge is 2.34. The second kappa shape index (κ2) is 6.43. The van der Waals surface area contributed by atoms with Crippen molar-refractivity contribution in [3.8, 4) is 0 Å². The van der Waals surface area contributed by atoms with Crippen molar-refractivity contribution < 1.29 is 17.9 Å². The highest BCUT2D eigenvalue weighted by Crippen LogP contribution is 2.30. The van der Waals surface area contributed by atoms with Crippen LogP contribution < -0.4 is 5.73 Å². The SMILES string of the molecule is COC(=O)c1sccc1S(=O)(=O)N(C)C1CCC(N)CC1. The molecule has 1 aliphatic carbocycles. The maximum Gasteiger partial charge on any atom is 0.349 e. The number of hydrogen-bond acceptors (Lipinski definition) is 6. The Morgan fingerprint density at radius 2 is 2.00 bits per heavy atom. The van der Waals surface area contributed by atoms with Crippen molar-refractivity contribution in [2.24, 2.45) is 5.73 Å². The predicted octanol–water partition coefficient (Wildman–Crippen LogP) is 1.43. The van der Waals surface area contributed by atoms with Crippen LogP contribution in [-0.2, 0) is 14.8 Å². The molecule has 0 aromatic carbocycles. The van der Waals surface area contributed by atoms with Crippen LogP contribution in [0.1, 0.15) is 35.4 Å². The van der Waals surface area contributed by atoms with E-state index in [9.17, 15) is 13.2 Å². The number of methoxy groups -OCH3 is 1. The molecule has 118 valence electrons. The summed E-state index contributed by atoms with van der Waals surface area (Å²) in [6.07, 6.45) is 3.12. The molecule has 1 fully saturated rings. The van der Waals surface area contributed by atoms with Crippen LogP contribution in [0.2, 0.25) is 0 Å². The fourth-order valence-electron chi connectivity index (χ4n) is 2.56. The molecule has 1 aromatic heterocycles. The minimum absolute atomic E-state index is 0.0247. The number of esters is 1. The molecule has 0 amide bonds. The number of nitrogens with zero attached hydrogens (tertiary/aromatic N) is 1. The quantitative estimate of drug-likeness (QED) is 0.842. The number of carbonyl (C=O) groups excluding carboxylic acids is 1. The van der Waals surface area contributed by atoms with E-state index in [0.29, 0.717) is 0 Å². The first-order valence-corrected chi connectivity index (χ1v) is 9.09. The van der Waals surface area contributed by atoms with Gasteiger partial charge in [-0.05, 0) is 37.1 Å². The molecule has 6 nitrogen and oxygen atoms in total. The third-order valence-electron chi connectivity index (χ3n) is 3.91. The molecule has 1 aromatic rings. The lowest BCUT2D eigenvalue weighted by Gasteiger charge is -2.32. The van der Waals surface area contributed by atoms with Crippen molar-refractivity contribution in [3.05, 3.63) is 16.3 Å². The van der Waals surface area contributed by atoms with Crippen LogP contribution in [0.5, 0.6) is 0 Å². The van der Waals surface area contributed by atoms with Crippen LogP contribution in [0, 0.1) is 0 Å². The van der Waals surface area contributed by atoms with Gasteiger partial charge in [0.2, 0.25) is 10.0 Å². The molecule has 0 radical (unpaired) electrons. The molecule has 8 heteroatoms. The van der Waals surface area contributed by atoms with Gasteiger partial charge in [-0.15, -0.1) is 11.3 Å². The largest absolute Gasteiger partial charge is 0.465 e. The summed E-state index contributed by atoms with van der Waals surface area (Å²) in [5.41, 5.74) is 5.86. The molecule has 1 aliphatic rings. The molecule has 2 N–H and O–H groups in total. The Morgan fingerprint density at radius 3 is 2.57 bits per heavy atom. The van der Waals surface area contributed by atoms with Gasteiger partial charge in [0.1, 0.15) is 9.77 Å². The van der Waals surface area contributed by atoms with Crippen molar-refractivity contribution in [1.82, 2.24) is 4.31 Å². The van der Waals surface area contributed by atoms with Crippen molar-refractivity contribution in [3.63, 3.8) is 0 Å². The molecule has 0 unspecified atom stereocenters. The molecular weight excluding hydrogens is 312 g/mol. The first-order valence-electron chi connectivity index (χ1n) is 6.77. The third kappa shape index (κ3) is 3.28. The molecule has 1 heterocycles. The van der Waals surface area contributed by atoms with Gasteiger partial charge < -0.3 is 10.5 Å². The van der Waals surface area contributed by atoms with Crippen LogP contribution in [-0.4, -0.2) is 44.9 Å². The molecule has 0 aliphatic heterocycles. The number of thiophene rings is 1. The van der Waals surface area contributed by atoms with Gasteiger partial charge in [-0.1, -0.05) is 0 Å². The number of carbonyl (C=O) groups is 1. The van der Waals surface area contributed by atoms with E-state index in [1.807, 2.05) is 0 Å². The van der Waals surface area contributed by atoms with Crippen LogP contribution >= 0.6 is 11.3 Å². The Labute approximate surface area is 128 Å². The number of sulfonamides is 1. The lowest BCUT2D eigenvalue weighted by molar-refractivity contribution is 0.0602.